The third-order valence-corrected chi connectivity index (χ3v) is 12.0. The third kappa shape index (κ3) is 9.90. The monoisotopic (exact) mass is 807 g/mol. The Hall–Kier alpha value is -5.20. The first-order chi connectivity index (χ1) is 27.5. The van der Waals surface area contributed by atoms with Crippen molar-refractivity contribution in [3.05, 3.63) is 94.4 Å². The number of aryl methyl sites for hydroxylation is 1. The number of para-hydroxylation sites is 1. The fraction of sp³-hybridized carbons (Fsp3) is 0.467. The fourth-order valence-electron chi connectivity index (χ4n) is 8.03. The first-order valence-electron chi connectivity index (χ1n) is 19.9. The Labute approximate surface area is 336 Å². The number of fused-ring (bicyclic) bond motifs is 3. The summed E-state index contributed by atoms with van der Waals surface area (Å²) in [6.45, 7) is 7.70. The van der Waals surface area contributed by atoms with Crippen LogP contribution in [0.4, 0.5) is 17.6 Å². The van der Waals surface area contributed by atoms with E-state index in [1.807, 2.05) is 27.7 Å². The molecule has 0 bridgehead atoms. The van der Waals surface area contributed by atoms with E-state index in [0.29, 0.717) is 36.3 Å². The summed E-state index contributed by atoms with van der Waals surface area (Å²) in [4.78, 5) is 59.6. The number of benzene rings is 3. The molecule has 312 valence electrons. The van der Waals surface area contributed by atoms with Gasteiger partial charge in [0.1, 0.15) is 17.1 Å². The van der Waals surface area contributed by atoms with Gasteiger partial charge in [0.15, 0.2) is 17.3 Å². The van der Waals surface area contributed by atoms with Crippen molar-refractivity contribution in [3.8, 4) is 11.5 Å². The Bertz CT molecular complexity index is 2130. The van der Waals surface area contributed by atoms with Gasteiger partial charge in [0.05, 0.1) is 18.2 Å². The molecule has 2 amide bonds. The van der Waals surface area contributed by atoms with Gasteiger partial charge >= 0.3 is 6.18 Å². The number of aromatic amines is 1. The van der Waals surface area contributed by atoms with E-state index in [1.165, 1.54) is 37.4 Å². The number of hydrogen-bond acceptors (Lipinski definition) is 6. The molecule has 5 rings (SSSR count). The fourth-order valence-corrected chi connectivity index (χ4v) is 8.03. The summed E-state index contributed by atoms with van der Waals surface area (Å²) >= 11 is 0. The number of alkyl halides is 3. The van der Waals surface area contributed by atoms with E-state index >= 15 is 0 Å². The number of aromatic hydroxyl groups is 1. The highest BCUT2D eigenvalue weighted by atomic mass is 19.4. The van der Waals surface area contributed by atoms with Crippen molar-refractivity contribution in [2.24, 2.45) is 23.7 Å². The van der Waals surface area contributed by atoms with E-state index in [4.69, 9.17) is 4.74 Å². The Morgan fingerprint density at radius 3 is 2.28 bits per heavy atom. The van der Waals surface area contributed by atoms with Gasteiger partial charge in [-0.3, -0.25) is 19.2 Å². The molecule has 1 aliphatic carbocycles. The molecule has 5 atom stereocenters. The summed E-state index contributed by atoms with van der Waals surface area (Å²) in [5.41, 5.74) is -0.532. The van der Waals surface area contributed by atoms with Crippen molar-refractivity contribution in [2.75, 3.05) is 13.7 Å². The average Bonchev–Trinajstić information content (AvgIpc) is 3.57. The molecule has 4 aromatic rings. The van der Waals surface area contributed by atoms with E-state index in [1.54, 1.807) is 24.3 Å². The largest absolute Gasteiger partial charge is 0.504 e. The second-order valence-electron chi connectivity index (χ2n) is 15.7. The molecule has 9 nitrogen and oxygen atoms in total. The zero-order valence-electron chi connectivity index (χ0n) is 33.7. The number of H-pyrrole nitrogens is 1. The van der Waals surface area contributed by atoms with Crippen LogP contribution in [0, 0.1) is 29.5 Å². The minimum absolute atomic E-state index is 0.0143. The minimum atomic E-state index is -4.64. The van der Waals surface area contributed by atoms with E-state index in [9.17, 15) is 41.8 Å². The molecule has 0 fully saturated rings. The SMILES string of the molecule is CCC(C)[C@H](CC(=O)[C@@]1(NC(=O)[C@@H](CC(=O)Cc2ccccc2F)C(C)CC)CCc2[nH]c3c(C(F)(F)F)cccc3c2C1)C(=O)NCCc1ccc(O)c(OC)c1. The molecule has 0 radical (unpaired) electrons. The number of Topliss-reactive ketones (excluding diaryl/α,β-unsaturated/α-hetero) is 2. The molecule has 0 spiro atoms. The van der Waals surface area contributed by atoms with Gasteiger partial charge in [0.2, 0.25) is 11.8 Å². The quantitative estimate of drug-likeness (QED) is 0.0748. The van der Waals surface area contributed by atoms with Gasteiger partial charge in [-0.1, -0.05) is 76.9 Å². The normalized spacial score (nSPS) is 17.5. The second-order valence-corrected chi connectivity index (χ2v) is 15.7. The van der Waals surface area contributed by atoms with Crippen LogP contribution in [0.1, 0.15) is 87.7 Å². The number of aromatic nitrogens is 1. The molecule has 4 N–H and O–H groups in total. The highest BCUT2D eigenvalue weighted by Gasteiger charge is 2.47. The highest BCUT2D eigenvalue weighted by Crippen LogP contribution is 2.41. The number of nitrogens with one attached hydrogen (secondary N) is 3. The molecular weight excluding hydrogens is 755 g/mol. The predicted molar refractivity (Wildman–Crippen MR) is 213 cm³/mol. The van der Waals surface area contributed by atoms with E-state index in [-0.39, 0.29) is 90.8 Å². The summed E-state index contributed by atoms with van der Waals surface area (Å²) in [7, 11) is 1.44. The van der Waals surface area contributed by atoms with Gasteiger partial charge in [-0.05, 0) is 72.1 Å². The first-order valence-corrected chi connectivity index (χ1v) is 19.9. The molecule has 3 aromatic carbocycles. The summed E-state index contributed by atoms with van der Waals surface area (Å²) in [6.07, 6.45) is -3.75. The molecule has 2 unspecified atom stereocenters. The van der Waals surface area contributed by atoms with Crippen LogP contribution < -0.4 is 15.4 Å². The van der Waals surface area contributed by atoms with Crippen LogP contribution in [0.2, 0.25) is 0 Å². The lowest BCUT2D eigenvalue weighted by Gasteiger charge is -2.39. The summed E-state index contributed by atoms with van der Waals surface area (Å²) in [5.74, 6) is -4.20. The van der Waals surface area contributed by atoms with Crippen LogP contribution >= 0.6 is 0 Å². The highest BCUT2D eigenvalue weighted by molar-refractivity contribution is 5.99. The van der Waals surface area contributed by atoms with Crippen molar-refractivity contribution < 1.29 is 46.6 Å². The number of carbonyl (C=O) groups is 4. The molecule has 1 heterocycles. The summed E-state index contributed by atoms with van der Waals surface area (Å²) in [5, 5.41) is 16.2. The van der Waals surface area contributed by atoms with E-state index in [0.717, 1.165) is 11.6 Å². The van der Waals surface area contributed by atoms with E-state index < -0.39 is 46.6 Å². The van der Waals surface area contributed by atoms with Gasteiger partial charge < -0.3 is 25.5 Å². The molecule has 1 aliphatic rings. The molecule has 0 saturated heterocycles. The maximum atomic E-state index is 14.9. The number of methoxy groups -OCH3 is 1. The second kappa shape index (κ2) is 18.6. The number of amides is 2. The lowest BCUT2D eigenvalue weighted by molar-refractivity contribution is -0.139. The molecular formula is C45H53F4N3O6. The lowest BCUT2D eigenvalue weighted by atomic mass is 9.72. The number of carbonyl (C=O) groups excluding carboxylic acids is 4. The van der Waals surface area contributed by atoms with E-state index in [2.05, 4.69) is 15.6 Å². The predicted octanol–water partition coefficient (Wildman–Crippen LogP) is 8.23. The van der Waals surface area contributed by atoms with Crippen LogP contribution in [-0.4, -0.2) is 52.7 Å². The Balaban J connectivity index is 1.46. The Morgan fingerprint density at radius 1 is 0.931 bits per heavy atom. The molecule has 1 aromatic heterocycles. The van der Waals surface area contributed by atoms with Crippen LogP contribution in [0.15, 0.2) is 60.7 Å². The summed E-state index contributed by atoms with van der Waals surface area (Å²) < 4.78 is 62.0. The number of phenols is 1. The topological polar surface area (TPSA) is 138 Å². The van der Waals surface area contributed by atoms with Gasteiger partial charge in [-0.2, -0.15) is 13.2 Å². The molecule has 0 aliphatic heterocycles. The van der Waals surface area contributed by atoms with Crippen molar-refractivity contribution in [2.45, 2.75) is 97.2 Å². The lowest BCUT2D eigenvalue weighted by Crippen LogP contribution is -2.60. The molecule has 58 heavy (non-hydrogen) atoms. The van der Waals surface area contributed by atoms with Crippen LogP contribution in [0.25, 0.3) is 10.9 Å². The van der Waals surface area contributed by atoms with Crippen LogP contribution in [0.5, 0.6) is 11.5 Å². The standard InChI is InChI=1S/C45H53F4N3O6/c1-6-26(3)32(23-30(53)22-29-11-8-9-14-36(29)46)43(57)52-44(19-17-37-34(25-44)31-12-10-13-35(41(31)51-37)45(47,48)49)40(55)24-33(27(4)7-2)42(56)50-20-18-28-15-16-38(54)39(21-28)58-5/h8-16,21,26-27,32-33,51,54H,6-7,17-20,22-25H2,1-5H3,(H,50,56)(H,52,57)/t26?,27?,32-,33-,44+/m0/s1. The van der Waals surface area contributed by atoms with Crippen molar-refractivity contribution in [3.63, 3.8) is 0 Å². The van der Waals surface area contributed by atoms with Crippen molar-refractivity contribution in [1.29, 1.82) is 0 Å². The number of phenolic OH excluding ortho intramolecular Hbond substituents is 1. The van der Waals surface area contributed by atoms with Crippen LogP contribution in [0.3, 0.4) is 0 Å². The van der Waals surface area contributed by atoms with Gasteiger partial charge in [-0.15, -0.1) is 0 Å². The van der Waals surface area contributed by atoms with Gasteiger partial charge in [0, 0.05) is 55.1 Å². The maximum absolute atomic E-state index is 14.9. The number of halogens is 4. The van der Waals surface area contributed by atoms with Crippen LogP contribution in [-0.2, 0) is 51.0 Å². The Morgan fingerprint density at radius 2 is 1.62 bits per heavy atom. The maximum Gasteiger partial charge on any atom is 0.418 e. The van der Waals surface area contributed by atoms with Gasteiger partial charge in [-0.25, -0.2) is 4.39 Å². The third-order valence-electron chi connectivity index (χ3n) is 12.0. The Kier molecular flexibility index (Phi) is 14.1. The number of ether oxygens (including phenoxy) is 1. The zero-order valence-corrected chi connectivity index (χ0v) is 33.7. The smallest absolute Gasteiger partial charge is 0.418 e. The number of ketones is 2. The van der Waals surface area contributed by atoms with Gasteiger partial charge in [0.25, 0.3) is 0 Å². The summed E-state index contributed by atoms with van der Waals surface area (Å²) in [6, 6.07) is 14.7. The number of hydrogen-bond donors (Lipinski definition) is 4. The zero-order chi connectivity index (χ0) is 42.4. The van der Waals surface area contributed by atoms with Crippen molar-refractivity contribution >= 4 is 34.3 Å². The average molecular weight is 808 g/mol. The minimum Gasteiger partial charge on any atom is -0.504 e. The molecule has 13 heteroatoms. The molecule has 0 saturated carbocycles. The number of rotatable bonds is 18. The first kappa shape index (κ1) is 43.9. The van der Waals surface area contributed by atoms with Crippen molar-refractivity contribution in [1.82, 2.24) is 15.6 Å².